The molecule has 16 heavy (non-hydrogen) atoms. The highest BCUT2D eigenvalue weighted by molar-refractivity contribution is 5.58. The number of aryl methyl sites for hydroxylation is 1. The number of nitrogens with zero attached hydrogens (tertiary/aromatic N) is 1. The summed E-state index contributed by atoms with van der Waals surface area (Å²) in [5, 5.41) is 11.4. The number of hydrogen-bond donors (Lipinski definition) is 1. The van der Waals surface area contributed by atoms with Crippen LogP contribution in [0.1, 0.15) is 17.5 Å². The molecule has 0 spiro atoms. The van der Waals surface area contributed by atoms with E-state index < -0.39 is 12.6 Å². The van der Waals surface area contributed by atoms with Crippen molar-refractivity contribution >= 4 is 5.69 Å². The van der Waals surface area contributed by atoms with Crippen LogP contribution in [0, 0.1) is 18.3 Å². The summed E-state index contributed by atoms with van der Waals surface area (Å²) in [5.41, 5.74) is 1.70. The number of benzene rings is 1. The van der Waals surface area contributed by atoms with Gasteiger partial charge in [0.15, 0.2) is 0 Å². The van der Waals surface area contributed by atoms with Gasteiger partial charge in [0.2, 0.25) is 0 Å². The van der Waals surface area contributed by atoms with Crippen LogP contribution in [-0.4, -0.2) is 12.7 Å². The predicted molar refractivity (Wildman–Crippen MR) is 55.1 cm³/mol. The third kappa shape index (κ3) is 3.81. The summed E-state index contributed by atoms with van der Waals surface area (Å²) < 4.78 is 35.7. The van der Waals surface area contributed by atoms with Crippen LogP contribution < -0.4 is 5.32 Å². The fourth-order valence-electron chi connectivity index (χ4n) is 1.24. The van der Waals surface area contributed by atoms with Crippen LogP contribution >= 0.6 is 0 Å². The Hall–Kier alpha value is -1.70. The van der Waals surface area contributed by atoms with Crippen LogP contribution in [0.2, 0.25) is 0 Å². The minimum atomic E-state index is -4.18. The van der Waals surface area contributed by atoms with Crippen molar-refractivity contribution in [2.45, 2.75) is 19.5 Å². The standard InChI is InChI=1S/C11H11F3N2/c1-8-2-3-9(7-15)10(6-8)16-5-4-11(12,13)14/h2-3,6,16H,4-5H2,1H3. The molecule has 0 atom stereocenters. The molecule has 0 aliphatic rings. The summed E-state index contributed by atoms with van der Waals surface area (Å²) in [4.78, 5) is 0. The first-order valence-electron chi connectivity index (χ1n) is 4.74. The van der Waals surface area contributed by atoms with Gasteiger partial charge in [-0.3, -0.25) is 0 Å². The SMILES string of the molecule is Cc1ccc(C#N)c(NCCC(F)(F)F)c1. The molecule has 0 bridgehead atoms. The second kappa shape index (κ2) is 4.88. The van der Waals surface area contributed by atoms with Gasteiger partial charge in [-0.05, 0) is 24.6 Å². The first kappa shape index (κ1) is 12.4. The first-order valence-corrected chi connectivity index (χ1v) is 4.74. The van der Waals surface area contributed by atoms with Crippen LogP contribution in [-0.2, 0) is 0 Å². The fourth-order valence-corrected chi connectivity index (χ4v) is 1.24. The summed E-state index contributed by atoms with van der Waals surface area (Å²) in [6.45, 7) is 1.59. The van der Waals surface area contributed by atoms with Gasteiger partial charge in [-0.15, -0.1) is 0 Å². The van der Waals surface area contributed by atoms with E-state index in [2.05, 4.69) is 5.32 Å². The van der Waals surface area contributed by atoms with Crippen LogP contribution in [0.15, 0.2) is 18.2 Å². The summed E-state index contributed by atoms with van der Waals surface area (Å²) in [7, 11) is 0. The number of halogens is 3. The average molecular weight is 228 g/mol. The second-order valence-corrected chi connectivity index (χ2v) is 3.45. The summed E-state index contributed by atoms with van der Waals surface area (Å²) >= 11 is 0. The molecule has 0 radical (unpaired) electrons. The third-order valence-electron chi connectivity index (χ3n) is 2.02. The zero-order valence-electron chi connectivity index (χ0n) is 8.73. The van der Waals surface area contributed by atoms with Gasteiger partial charge in [-0.2, -0.15) is 18.4 Å². The molecule has 0 aliphatic heterocycles. The van der Waals surface area contributed by atoms with Crippen molar-refractivity contribution in [2.24, 2.45) is 0 Å². The number of anilines is 1. The van der Waals surface area contributed by atoms with E-state index in [4.69, 9.17) is 5.26 Å². The molecule has 0 amide bonds. The Kier molecular flexibility index (Phi) is 3.78. The Morgan fingerprint density at radius 2 is 2.06 bits per heavy atom. The molecule has 1 rings (SSSR count). The lowest BCUT2D eigenvalue weighted by atomic mass is 10.1. The lowest BCUT2D eigenvalue weighted by Crippen LogP contribution is -2.15. The molecule has 0 aliphatic carbocycles. The number of nitriles is 1. The van der Waals surface area contributed by atoms with Gasteiger partial charge in [-0.25, -0.2) is 0 Å². The summed E-state index contributed by atoms with van der Waals surface area (Å²) in [6.07, 6.45) is -5.09. The smallest absolute Gasteiger partial charge is 0.384 e. The maximum absolute atomic E-state index is 11.9. The molecule has 0 heterocycles. The largest absolute Gasteiger partial charge is 0.390 e. The lowest BCUT2D eigenvalue weighted by molar-refractivity contribution is -0.131. The highest BCUT2D eigenvalue weighted by Gasteiger charge is 2.26. The average Bonchev–Trinajstić information content (AvgIpc) is 2.16. The maximum atomic E-state index is 11.9. The topological polar surface area (TPSA) is 35.8 Å². The molecule has 0 unspecified atom stereocenters. The number of alkyl halides is 3. The zero-order chi connectivity index (χ0) is 12.2. The monoisotopic (exact) mass is 228 g/mol. The van der Waals surface area contributed by atoms with Crippen molar-refractivity contribution in [3.8, 4) is 6.07 Å². The molecular weight excluding hydrogens is 217 g/mol. The normalized spacial score (nSPS) is 10.9. The fraction of sp³-hybridized carbons (Fsp3) is 0.364. The molecule has 0 fully saturated rings. The van der Waals surface area contributed by atoms with Crippen molar-refractivity contribution in [3.63, 3.8) is 0 Å². The highest BCUT2D eigenvalue weighted by atomic mass is 19.4. The minimum absolute atomic E-state index is 0.221. The van der Waals surface area contributed by atoms with Crippen LogP contribution in [0.25, 0.3) is 0 Å². The van der Waals surface area contributed by atoms with Gasteiger partial charge < -0.3 is 5.32 Å². The van der Waals surface area contributed by atoms with E-state index in [0.717, 1.165) is 5.56 Å². The molecular formula is C11H11F3N2. The molecule has 2 nitrogen and oxygen atoms in total. The van der Waals surface area contributed by atoms with Crippen molar-refractivity contribution in [1.82, 2.24) is 0 Å². The van der Waals surface area contributed by atoms with Crippen molar-refractivity contribution in [1.29, 1.82) is 5.26 Å². The Bertz CT molecular complexity index is 405. The van der Waals surface area contributed by atoms with Crippen LogP contribution in [0.4, 0.5) is 18.9 Å². The molecule has 0 saturated carbocycles. The van der Waals surface area contributed by atoms with Gasteiger partial charge in [0.1, 0.15) is 6.07 Å². The molecule has 1 aromatic carbocycles. The van der Waals surface area contributed by atoms with Gasteiger partial charge in [0.05, 0.1) is 17.7 Å². The Morgan fingerprint density at radius 1 is 1.38 bits per heavy atom. The van der Waals surface area contributed by atoms with E-state index in [1.165, 1.54) is 0 Å². The number of nitrogens with one attached hydrogen (secondary N) is 1. The van der Waals surface area contributed by atoms with E-state index in [1.54, 1.807) is 18.2 Å². The third-order valence-corrected chi connectivity index (χ3v) is 2.02. The quantitative estimate of drug-likeness (QED) is 0.862. The molecule has 0 saturated heterocycles. The van der Waals surface area contributed by atoms with E-state index in [-0.39, 0.29) is 6.54 Å². The van der Waals surface area contributed by atoms with Gasteiger partial charge >= 0.3 is 6.18 Å². The van der Waals surface area contributed by atoms with Crippen LogP contribution in [0.3, 0.4) is 0 Å². The second-order valence-electron chi connectivity index (χ2n) is 3.45. The minimum Gasteiger partial charge on any atom is -0.384 e. The zero-order valence-corrected chi connectivity index (χ0v) is 8.73. The van der Waals surface area contributed by atoms with E-state index >= 15 is 0 Å². The highest BCUT2D eigenvalue weighted by Crippen LogP contribution is 2.21. The number of rotatable bonds is 3. The van der Waals surface area contributed by atoms with Crippen LogP contribution in [0.5, 0.6) is 0 Å². The van der Waals surface area contributed by atoms with Crippen molar-refractivity contribution < 1.29 is 13.2 Å². The predicted octanol–water partition coefficient (Wildman–Crippen LogP) is 3.23. The van der Waals surface area contributed by atoms with E-state index in [1.807, 2.05) is 13.0 Å². The maximum Gasteiger partial charge on any atom is 0.390 e. The Balaban J connectivity index is 2.67. The first-order chi connectivity index (χ1) is 7.42. The molecule has 0 aromatic heterocycles. The molecule has 1 N–H and O–H groups in total. The molecule has 5 heteroatoms. The number of hydrogen-bond acceptors (Lipinski definition) is 2. The van der Waals surface area contributed by atoms with E-state index in [0.29, 0.717) is 11.3 Å². The Morgan fingerprint density at radius 3 is 2.62 bits per heavy atom. The molecule has 86 valence electrons. The summed E-state index contributed by atoms with van der Waals surface area (Å²) in [5.74, 6) is 0. The van der Waals surface area contributed by atoms with E-state index in [9.17, 15) is 13.2 Å². The van der Waals surface area contributed by atoms with Crippen molar-refractivity contribution in [2.75, 3.05) is 11.9 Å². The van der Waals surface area contributed by atoms with Gasteiger partial charge in [-0.1, -0.05) is 6.07 Å². The van der Waals surface area contributed by atoms with Gasteiger partial charge in [0, 0.05) is 6.54 Å². The Labute approximate surface area is 91.7 Å². The molecule has 1 aromatic rings. The summed E-state index contributed by atoms with van der Waals surface area (Å²) in [6, 6.07) is 6.92. The lowest BCUT2D eigenvalue weighted by Gasteiger charge is -2.10. The van der Waals surface area contributed by atoms with Gasteiger partial charge in [0.25, 0.3) is 0 Å². The van der Waals surface area contributed by atoms with Crippen molar-refractivity contribution in [3.05, 3.63) is 29.3 Å².